The van der Waals surface area contributed by atoms with Crippen molar-refractivity contribution in [3.05, 3.63) is 47.7 Å². The second-order valence-corrected chi connectivity index (χ2v) is 7.39. The fourth-order valence-corrected chi connectivity index (χ4v) is 3.75. The molecule has 1 N–H and O–H groups in total. The number of nitrogens with zero attached hydrogens (tertiary/aromatic N) is 5. The molecule has 9 heteroatoms. The molecule has 4 heterocycles. The third-order valence-corrected chi connectivity index (χ3v) is 5.47. The van der Waals surface area contributed by atoms with Crippen LogP contribution in [0.2, 0.25) is 0 Å². The molecule has 1 amide bonds. The summed E-state index contributed by atoms with van der Waals surface area (Å²) in [7, 11) is 1.92. The predicted octanol–water partition coefficient (Wildman–Crippen LogP) is 1.90. The SMILES string of the molecule is C[C@@H]1COc2ncc(F)cc2C2(CC2)N(C)c2ccn3ncc(c3n2)C(=O)N1. The van der Waals surface area contributed by atoms with Gasteiger partial charge in [-0.2, -0.15) is 5.10 Å². The molecule has 0 unspecified atom stereocenters. The minimum absolute atomic E-state index is 0.215. The molecule has 5 rings (SSSR count). The maximum Gasteiger partial charge on any atom is 0.257 e. The Balaban J connectivity index is 1.70. The van der Waals surface area contributed by atoms with Crippen LogP contribution in [0.15, 0.2) is 30.7 Å². The van der Waals surface area contributed by atoms with E-state index in [4.69, 9.17) is 4.74 Å². The largest absolute Gasteiger partial charge is 0.475 e. The zero-order chi connectivity index (χ0) is 19.5. The summed E-state index contributed by atoms with van der Waals surface area (Å²) < 4.78 is 21.5. The van der Waals surface area contributed by atoms with Crippen molar-refractivity contribution < 1.29 is 13.9 Å². The molecule has 8 nitrogen and oxygen atoms in total. The van der Waals surface area contributed by atoms with Gasteiger partial charge in [0.25, 0.3) is 5.91 Å². The normalized spacial score (nSPS) is 20.8. The minimum atomic E-state index is -0.440. The highest BCUT2D eigenvalue weighted by Gasteiger charge is 2.51. The monoisotopic (exact) mass is 382 g/mol. The van der Waals surface area contributed by atoms with Gasteiger partial charge < -0.3 is 15.0 Å². The van der Waals surface area contributed by atoms with E-state index in [0.717, 1.165) is 19.0 Å². The Morgan fingerprint density at radius 3 is 2.96 bits per heavy atom. The van der Waals surface area contributed by atoms with Gasteiger partial charge in [0.1, 0.15) is 23.8 Å². The van der Waals surface area contributed by atoms with E-state index in [1.165, 1.54) is 12.3 Å². The topological polar surface area (TPSA) is 84.7 Å². The van der Waals surface area contributed by atoms with Gasteiger partial charge in [-0.05, 0) is 31.9 Å². The number of ether oxygens (including phenoxy) is 1. The van der Waals surface area contributed by atoms with E-state index in [0.29, 0.717) is 28.5 Å². The van der Waals surface area contributed by atoms with Crippen molar-refractivity contribution >= 4 is 17.4 Å². The van der Waals surface area contributed by atoms with Crippen LogP contribution in [0.5, 0.6) is 5.88 Å². The summed E-state index contributed by atoms with van der Waals surface area (Å²) in [5, 5.41) is 7.11. The first-order valence-corrected chi connectivity index (χ1v) is 9.16. The molecule has 1 atom stereocenters. The van der Waals surface area contributed by atoms with Gasteiger partial charge in [0.15, 0.2) is 5.65 Å². The van der Waals surface area contributed by atoms with E-state index in [2.05, 4.69) is 20.4 Å². The molecule has 1 spiro atoms. The fourth-order valence-electron chi connectivity index (χ4n) is 3.75. The molecule has 1 fully saturated rings. The summed E-state index contributed by atoms with van der Waals surface area (Å²) in [6.07, 6.45) is 6.09. The number of anilines is 1. The molecule has 1 aliphatic carbocycles. The number of pyridine rings is 1. The van der Waals surface area contributed by atoms with Gasteiger partial charge in [-0.25, -0.2) is 18.9 Å². The van der Waals surface area contributed by atoms with E-state index >= 15 is 0 Å². The summed E-state index contributed by atoms with van der Waals surface area (Å²) in [6.45, 7) is 2.05. The van der Waals surface area contributed by atoms with Crippen molar-refractivity contribution in [2.45, 2.75) is 31.3 Å². The third kappa shape index (κ3) is 2.49. The lowest BCUT2D eigenvalue weighted by Gasteiger charge is -2.30. The van der Waals surface area contributed by atoms with E-state index in [-0.39, 0.29) is 18.6 Å². The molecule has 2 bridgehead atoms. The van der Waals surface area contributed by atoms with E-state index in [1.807, 2.05) is 24.9 Å². The summed E-state index contributed by atoms with van der Waals surface area (Å²) in [5.41, 5.74) is 1.13. The molecular weight excluding hydrogens is 363 g/mol. The zero-order valence-corrected chi connectivity index (χ0v) is 15.5. The fraction of sp³-hybridized carbons (Fsp3) is 0.368. The number of rotatable bonds is 0. The number of hydrogen-bond acceptors (Lipinski definition) is 6. The summed E-state index contributed by atoms with van der Waals surface area (Å²) in [4.78, 5) is 23.5. The average molecular weight is 382 g/mol. The van der Waals surface area contributed by atoms with E-state index in [1.54, 1.807) is 10.7 Å². The van der Waals surface area contributed by atoms with Crippen LogP contribution in [-0.4, -0.2) is 45.2 Å². The second-order valence-electron chi connectivity index (χ2n) is 7.39. The van der Waals surface area contributed by atoms with Gasteiger partial charge in [-0.15, -0.1) is 0 Å². The molecule has 1 aliphatic heterocycles. The number of carbonyl (C=O) groups is 1. The van der Waals surface area contributed by atoms with Crippen molar-refractivity contribution in [1.29, 1.82) is 0 Å². The molecule has 3 aromatic rings. The van der Waals surface area contributed by atoms with Crippen LogP contribution in [0.3, 0.4) is 0 Å². The van der Waals surface area contributed by atoms with Gasteiger partial charge in [0.2, 0.25) is 5.88 Å². The summed E-state index contributed by atoms with van der Waals surface area (Å²) >= 11 is 0. The third-order valence-electron chi connectivity index (χ3n) is 5.47. The summed E-state index contributed by atoms with van der Waals surface area (Å²) in [5.74, 6) is 0.373. The van der Waals surface area contributed by atoms with Crippen LogP contribution in [0.4, 0.5) is 10.2 Å². The molecule has 3 aromatic heterocycles. The maximum atomic E-state index is 14.0. The first-order chi connectivity index (χ1) is 13.5. The van der Waals surface area contributed by atoms with Crippen molar-refractivity contribution in [3.63, 3.8) is 0 Å². The van der Waals surface area contributed by atoms with Gasteiger partial charge in [-0.3, -0.25) is 4.79 Å². The molecule has 2 aliphatic rings. The van der Waals surface area contributed by atoms with Crippen molar-refractivity contribution in [2.24, 2.45) is 0 Å². The lowest BCUT2D eigenvalue weighted by atomic mass is 10.0. The van der Waals surface area contributed by atoms with Crippen LogP contribution in [-0.2, 0) is 5.54 Å². The standard InChI is InChI=1S/C19H19FN6O2/c1-11-10-28-18-14(7-12(20)8-21-18)19(4-5-19)25(2)15-3-6-26-16(24-15)13(9-22-26)17(27)23-11/h3,6-9,11H,4-5,10H2,1-2H3,(H,23,27)/t11-/m1/s1. The summed E-state index contributed by atoms with van der Waals surface area (Å²) in [6, 6.07) is 3.04. The Bertz CT molecular complexity index is 1090. The van der Waals surface area contributed by atoms with Gasteiger partial charge in [0, 0.05) is 18.8 Å². The molecule has 0 aromatic carbocycles. The molecule has 0 saturated heterocycles. The molecule has 0 radical (unpaired) electrons. The molecule has 1 saturated carbocycles. The highest BCUT2D eigenvalue weighted by atomic mass is 19.1. The number of halogens is 1. The maximum absolute atomic E-state index is 14.0. The Morgan fingerprint density at radius 2 is 2.18 bits per heavy atom. The van der Waals surface area contributed by atoms with Crippen LogP contribution in [0.1, 0.15) is 35.7 Å². The van der Waals surface area contributed by atoms with Gasteiger partial charge >= 0.3 is 0 Å². The number of nitrogens with one attached hydrogen (secondary N) is 1. The molecular formula is C19H19FN6O2. The van der Waals surface area contributed by atoms with E-state index in [9.17, 15) is 9.18 Å². The van der Waals surface area contributed by atoms with Crippen molar-refractivity contribution in [1.82, 2.24) is 24.9 Å². The van der Waals surface area contributed by atoms with Crippen molar-refractivity contribution in [2.75, 3.05) is 18.6 Å². The predicted molar refractivity (Wildman–Crippen MR) is 98.9 cm³/mol. The lowest BCUT2D eigenvalue weighted by molar-refractivity contribution is 0.0927. The minimum Gasteiger partial charge on any atom is -0.475 e. The first-order valence-electron chi connectivity index (χ1n) is 9.16. The first kappa shape index (κ1) is 16.9. The van der Waals surface area contributed by atoms with Gasteiger partial charge in [-0.1, -0.05) is 0 Å². The second kappa shape index (κ2) is 5.88. The smallest absolute Gasteiger partial charge is 0.257 e. The molecule has 144 valence electrons. The number of amides is 1. The Kier molecular flexibility index (Phi) is 3.55. The number of fused-ring (bicyclic) bond motifs is 3. The van der Waals surface area contributed by atoms with Crippen LogP contribution in [0.25, 0.3) is 5.65 Å². The Hall–Kier alpha value is -3.23. The quantitative estimate of drug-likeness (QED) is 0.639. The number of carbonyl (C=O) groups excluding carboxylic acids is 1. The van der Waals surface area contributed by atoms with Crippen LogP contribution >= 0.6 is 0 Å². The lowest BCUT2D eigenvalue weighted by Crippen LogP contribution is -2.37. The Morgan fingerprint density at radius 1 is 1.36 bits per heavy atom. The number of aromatic nitrogens is 4. The Labute approximate surface area is 160 Å². The average Bonchev–Trinajstić information content (AvgIpc) is 3.38. The van der Waals surface area contributed by atoms with Crippen molar-refractivity contribution in [3.8, 4) is 5.88 Å². The highest BCUT2D eigenvalue weighted by Crippen LogP contribution is 2.54. The van der Waals surface area contributed by atoms with E-state index < -0.39 is 11.4 Å². The van der Waals surface area contributed by atoms with Gasteiger partial charge in [0.05, 0.1) is 24.0 Å². The number of hydrogen-bond donors (Lipinski definition) is 1. The van der Waals surface area contributed by atoms with Crippen LogP contribution < -0.4 is 15.0 Å². The van der Waals surface area contributed by atoms with Crippen LogP contribution in [0, 0.1) is 5.82 Å². The highest BCUT2D eigenvalue weighted by molar-refractivity contribution is 5.99. The molecule has 28 heavy (non-hydrogen) atoms. The zero-order valence-electron chi connectivity index (χ0n) is 15.5.